The number of thioether (sulfide) groups is 1. The Labute approximate surface area is 196 Å². The van der Waals surface area contributed by atoms with Crippen LogP contribution in [0.5, 0.6) is 0 Å². The molecule has 3 aromatic carbocycles. The first kappa shape index (κ1) is 22.0. The maximum atomic E-state index is 14.7. The van der Waals surface area contributed by atoms with Crippen LogP contribution in [0, 0.1) is 25.5 Å². The van der Waals surface area contributed by atoms with Gasteiger partial charge >= 0.3 is 5.63 Å². The second-order valence-corrected chi connectivity index (χ2v) is 8.85. The third kappa shape index (κ3) is 3.80. The van der Waals surface area contributed by atoms with Gasteiger partial charge in [0.1, 0.15) is 17.2 Å². The van der Waals surface area contributed by atoms with Gasteiger partial charge in [0.25, 0.3) is 5.56 Å². The number of rotatable bonds is 4. The Morgan fingerprint density at radius 3 is 2.56 bits per heavy atom. The predicted molar refractivity (Wildman–Crippen MR) is 129 cm³/mol. The van der Waals surface area contributed by atoms with Gasteiger partial charge in [-0.2, -0.15) is 0 Å². The van der Waals surface area contributed by atoms with Crippen molar-refractivity contribution in [2.45, 2.75) is 24.8 Å². The van der Waals surface area contributed by atoms with E-state index in [2.05, 4.69) is 4.98 Å². The molecule has 34 heavy (non-hydrogen) atoms. The monoisotopic (exact) mass is 476 g/mol. The van der Waals surface area contributed by atoms with Gasteiger partial charge in [-0.1, -0.05) is 36.0 Å². The Balaban J connectivity index is 1.67. The molecule has 0 aliphatic rings. The topological polar surface area (TPSA) is 65.1 Å². The largest absolute Gasteiger partial charge is 0.422 e. The van der Waals surface area contributed by atoms with Crippen molar-refractivity contribution in [3.05, 3.63) is 110 Å². The summed E-state index contributed by atoms with van der Waals surface area (Å²) >= 11 is 1.18. The lowest BCUT2D eigenvalue weighted by Gasteiger charge is -2.14. The van der Waals surface area contributed by atoms with Crippen molar-refractivity contribution >= 4 is 33.6 Å². The zero-order valence-electron chi connectivity index (χ0n) is 18.3. The standard InChI is InChI=1S/C26H18F2N2O3S/c1-14-7-9-18-16(11-23(31)33-24(18)15(14)2)13-34-26-29-21-6-4-3-5-19(21)25(32)30(26)22-10-8-17(27)12-20(22)28/h3-12H,13H2,1-2H3. The third-order valence-corrected chi connectivity index (χ3v) is 6.76. The Morgan fingerprint density at radius 2 is 1.76 bits per heavy atom. The van der Waals surface area contributed by atoms with Crippen LogP contribution in [0.1, 0.15) is 16.7 Å². The molecule has 0 aliphatic carbocycles. The fourth-order valence-corrected chi connectivity index (χ4v) is 4.87. The van der Waals surface area contributed by atoms with Crippen molar-refractivity contribution in [3.63, 3.8) is 0 Å². The minimum atomic E-state index is -0.877. The molecule has 0 amide bonds. The summed E-state index contributed by atoms with van der Waals surface area (Å²) in [6.07, 6.45) is 0. The molecule has 5 rings (SSSR count). The Kier molecular flexibility index (Phi) is 5.53. The molecule has 0 N–H and O–H groups in total. The Morgan fingerprint density at radius 1 is 0.971 bits per heavy atom. The fourth-order valence-electron chi connectivity index (χ4n) is 3.87. The zero-order chi connectivity index (χ0) is 24.0. The van der Waals surface area contributed by atoms with Crippen LogP contribution in [-0.2, 0) is 5.75 Å². The highest BCUT2D eigenvalue weighted by atomic mass is 32.2. The molecular weight excluding hydrogens is 458 g/mol. The summed E-state index contributed by atoms with van der Waals surface area (Å²) in [5, 5.41) is 1.31. The quantitative estimate of drug-likeness (QED) is 0.190. The maximum Gasteiger partial charge on any atom is 0.336 e. The summed E-state index contributed by atoms with van der Waals surface area (Å²) in [7, 11) is 0. The molecule has 5 nitrogen and oxygen atoms in total. The lowest BCUT2D eigenvalue weighted by atomic mass is 10.0. The van der Waals surface area contributed by atoms with Crippen molar-refractivity contribution in [3.8, 4) is 5.69 Å². The summed E-state index contributed by atoms with van der Waals surface area (Å²) in [5.74, 6) is -1.35. The summed E-state index contributed by atoms with van der Waals surface area (Å²) in [6, 6.07) is 15.0. The normalized spacial score (nSPS) is 11.4. The van der Waals surface area contributed by atoms with E-state index in [1.807, 2.05) is 26.0 Å². The van der Waals surface area contributed by atoms with E-state index in [-0.39, 0.29) is 16.6 Å². The molecule has 0 aliphatic heterocycles. The number of hydrogen-bond donors (Lipinski definition) is 0. The molecule has 0 atom stereocenters. The molecule has 2 heterocycles. The summed E-state index contributed by atoms with van der Waals surface area (Å²) in [6.45, 7) is 3.82. The number of para-hydroxylation sites is 1. The minimum absolute atomic E-state index is 0.101. The lowest BCUT2D eigenvalue weighted by Crippen LogP contribution is -2.22. The highest BCUT2D eigenvalue weighted by molar-refractivity contribution is 7.98. The van der Waals surface area contributed by atoms with E-state index in [0.717, 1.165) is 33.2 Å². The molecule has 2 aromatic heterocycles. The van der Waals surface area contributed by atoms with Crippen molar-refractivity contribution in [1.82, 2.24) is 9.55 Å². The Bertz CT molecular complexity index is 1710. The van der Waals surface area contributed by atoms with E-state index in [9.17, 15) is 18.4 Å². The predicted octanol–water partition coefficient (Wildman–Crippen LogP) is 5.68. The second kappa shape index (κ2) is 8.53. The number of hydrogen-bond acceptors (Lipinski definition) is 5. The summed E-state index contributed by atoms with van der Waals surface area (Å²) in [5.41, 5.74) is 2.48. The first-order valence-corrected chi connectivity index (χ1v) is 11.4. The molecule has 0 spiro atoms. The number of benzene rings is 3. The maximum absolute atomic E-state index is 14.7. The van der Waals surface area contributed by atoms with Crippen LogP contribution < -0.4 is 11.2 Å². The smallest absolute Gasteiger partial charge is 0.336 e. The average molecular weight is 477 g/mol. The second-order valence-electron chi connectivity index (χ2n) is 7.91. The number of halogens is 2. The van der Waals surface area contributed by atoms with E-state index in [1.54, 1.807) is 24.3 Å². The van der Waals surface area contributed by atoms with E-state index < -0.39 is 22.8 Å². The molecule has 0 radical (unpaired) electrons. The third-order valence-electron chi connectivity index (χ3n) is 5.77. The van der Waals surface area contributed by atoms with E-state index in [1.165, 1.54) is 23.9 Å². The number of nitrogens with zero attached hydrogens (tertiary/aromatic N) is 2. The van der Waals surface area contributed by atoms with Gasteiger partial charge in [0.05, 0.1) is 16.6 Å². The van der Waals surface area contributed by atoms with Crippen LogP contribution in [-0.4, -0.2) is 9.55 Å². The van der Waals surface area contributed by atoms with Gasteiger partial charge in [0.15, 0.2) is 5.16 Å². The first-order valence-electron chi connectivity index (χ1n) is 10.5. The molecule has 0 saturated heterocycles. The van der Waals surface area contributed by atoms with Gasteiger partial charge in [-0.25, -0.2) is 18.6 Å². The van der Waals surface area contributed by atoms with Gasteiger partial charge in [0, 0.05) is 23.3 Å². The van der Waals surface area contributed by atoms with Crippen LogP contribution >= 0.6 is 11.8 Å². The number of aryl methyl sites for hydroxylation is 2. The highest BCUT2D eigenvalue weighted by Gasteiger charge is 2.18. The zero-order valence-corrected chi connectivity index (χ0v) is 19.1. The number of fused-ring (bicyclic) bond motifs is 2. The van der Waals surface area contributed by atoms with Crippen molar-refractivity contribution in [1.29, 1.82) is 0 Å². The Hall–Kier alpha value is -3.78. The lowest BCUT2D eigenvalue weighted by molar-refractivity contribution is 0.557. The summed E-state index contributed by atoms with van der Waals surface area (Å²) in [4.78, 5) is 30.2. The number of aromatic nitrogens is 2. The van der Waals surface area contributed by atoms with Gasteiger partial charge in [-0.15, -0.1) is 0 Å². The average Bonchev–Trinajstić information content (AvgIpc) is 2.81. The van der Waals surface area contributed by atoms with Crippen molar-refractivity contribution in [2.24, 2.45) is 0 Å². The molecule has 170 valence electrons. The minimum Gasteiger partial charge on any atom is -0.422 e. The van der Waals surface area contributed by atoms with Gasteiger partial charge in [-0.3, -0.25) is 9.36 Å². The van der Waals surface area contributed by atoms with E-state index >= 15 is 0 Å². The van der Waals surface area contributed by atoms with Gasteiger partial charge in [0.2, 0.25) is 0 Å². The first-order chi connectivity index (χ1) is 16.3. The van der Waals surface area contributed by atoms with Crippen LogP contribution in [0.2, 0.25) is 0 Å². The van der Waals surface area contributed by atoms with E-state index in [0.29, 0.717) is 22.0 Å². The van der Waals surface area contributed by atoms with Crippen molar-refractivity contribution < 1.29 is 13.2 Å². The van der Waals surface area contributed by atoms with Crippen LogP contribution in [0.4, 0.5) is 8.78 Å². The molecule has 8 heteroatoms. The van der Waals surface area contributed by atoms with Crippen molar-refractivity contribution in [2.75, 3.05) is 0 Å². The van der Waals surface area contributed by atoms with Crippen LogP contribution in [0.3, 0.4) is 0 Å². The van der Waals surface area contributed by atoms with Crippen LogP contribution in [0.25, 0.3) is 27.6 Å². The summed E-state index contributed by atoms with van der Waals surface area (Å²) < 4.78 is 34.8. The van der Waals surface area contributed by atoms with Gasteiger partial charge in [-0.05, 0) is 54.8 Å². The molecule has 0 unspecified atom stereocenters. The SMILES string of the molecule is Cc1ccc2c(CSc3nc4ccccc4c(=O)n3-c3ccc(F)cc3F)cc(=O)oc2c1C. The van der Waals surface area contributed by atoms with Crippen LogP contribution in [0.15, 0.2) is 79.8 Å². The molecule has 0 saturated carbocycles. The van der Waals surface area contributed by atoms with Gasteiger partial charge < -0.3 is 4.42 Å². The molecule has 0 bridgehead atoms. The van der Waals surface area contributed by atoms with E-state index in [4.69, 9.17) is 4.42 Å². The molecular formula is C26H18F2N2O3S. The molecule has 5 aromatic rings. The molecule has 0 fully saturated rings. The highest BCUT2D eigenvalue weighted by Crippen LogP contribution is 2.30. The fraction of sp³-hybridized carbons (Fsp3) is 0.115.